The van der Waals surface area contributed by atoms with E-state index in [9.17, 15) is 0 Å². The lowest BCUT2D eigenvalue weighted by atomic mass is 10.3. The minimum absolute atomic E-state index is 1.04. The summed E-state index contributed by atoms with van der Waals surface area (Å²) in [6, 6.07) is 4.21. The molecule has 0 amide bonds. The zero-order valence-corrected chi connectivity index (χ0v) is 7.99. The van der Waals surface area contributed by atoms with Gasteiger partial charge < -0.3 is 0 Å². The average molecular weight is 175 g/mol. The van der Waals surface area contributed by atoms with Crippen LogP contribution in [0.4, 0.5) is 0 Å². The summed E-state index contributed by atoms with van der Waals surface area (Å²) in [4.78, 5) is 4.15. The number of nitrogens with zero attached hydrogens (tertiary/aromatic N) is 3. The van der Waals surface area contributed by atoms with Crippen LogP contribution in [0.2, 0.25) is 0 Å². The monoisotopic (exact) mass is 175 g/mol. The lowest BCUT2D eigenvalue weighted by Crippen LogP contribution is -1.99. The second-order valence-corrected chi connectivity index (χ2v) is 3.22. The molecule has 2 rings (SSSR count). The number of hydrogen-bond donors (Lipinski definition) is 0. The molecule has 0 aliphatic heterocycles. The van der Waals surface area contributed by atoms with Crippen molar-refractivity contribution in [2.24, 2.45) is 0 Å². The molecule has 2 heterocycles. The van der Waals surface area contributed by atoms with Gasteiger partial charge in [-0.3, -0.25) is 0 Å². The maximum atomic E-state index is 4.23. The van der Waals surface area contributed by atoms with Gasteiger partial charge in [0.25, 0.3) is 0 Å². The number of rotatable bonds is 2. The van der Waals surface area contributed by atoms with Crippen molar-refractivity contribution in [1.82, 2.24) is 14.6 Å². The first-order valence-corrected chi connectivity index (χ1v) is 4.61. The zero-order chi connectivity index (χ0) is 9.26. The molecule has 0 fully saturated rings. The molecule has 13 heavy (non-hydrogen) atoms. The summed E-state index contributed by atoms with van der Waals surface area (Å²) in [6.45, 7) is 4.18. The molecular formula is C10H13N3. The largest absolute Gasteiger partial charge is 0.238 e. The molecule has 0 aromatic carbocycles. The van der Waals surface area contributed by atoms with E-state index in [1.165, 1.54) is 5.69 Å². The number of aryl methyl sites for hydroxylation is 2. The van der Waals surface area contributed by atoms with Gasteiger partial charge in [0.15, 0.2) is 0 Å². The zero-order valence-electron chi connectivity index (χ0n) is 7.99. The van der Waals surface area contributed by atoms with Gasteiger partial charge in [0.2, 0.25) is 0 Å². The Kier molecular flexibility index (Phi) is 2.00. The maximum absolute atomic E-state index is 4.23. The third-order valence-corrected chi connectivity index (χ3v) is 2.23. The molecule has 0 N–H and O–H groups in total. The first-order valence-electron chi connectivity index (χ1n) is 4.61. The third kappa shape index (κ3) is 1.30. The summed E-state index contributed by atoms with van der Waals surface area (Å²) in [5.41, 5.74) is 3.42. The average Bonchev–Trinajstić information content (AvgIpc) is 2.51. The molecule has 0 spiro atoms. The third-order valence-electron chi connectivity index (χ3n) is 2.23. The lowest BCUT2D eigenvalue weighted by molar-refractivity contribution is 0.788. The summed E-state index contributed by atoms with van der Waals surface area (Å²) in [5, 5.41) is 4.23. The fourth-order valence-electron chi connectivity index (χ4n) is 1.56. The normalized spacial score (nSPS) is 10.9. The SMILES string of the molecule is CCCc1ccc2c(C)ncnn12. The molecule has 68 valence electrons. The van der Waals surface area contributed by atoms with Crippen molar-refractivity contribution in [3.8, 4) is 0 Å². The van der Waals surface area contributed by atoms with E-state index in [1.54, 1.807) is 6.33 Å². The molecule has 0 saturated carbocycles. The molecule has 0 atom stereocenters. The van der Waals surface area contributed by atoms with Gasteiger partial charge in [-0.05, 0) is 25.5 Å². The molecule has 0 bridgehead atoms. The van der Waals surface area contributed by atoms with Crippen LogP contribution in [-0.4, -0.2) is 14.6 Å². The van der Waals surface area contributed by atoms with E-state index in [-0.39, 0.29) is 0 Å². The molecule has 0 unspecified atom stereocenters. The molecule has 2 aromatic rings. The van der Waals surface area contributed by atoms with Crippen LogP contribution in [0.3, 0.4) is 0 Å². The molecular weight excluding hydrogens is 162 g/mol. The van der Waals surface area contributed by atoms with Gasteiger partial charge in [-0.25, -0.2) is 9.50 Å². The van der Waals surface area contributed by atoms with Crippen LogP contribution in [0.5, 0.6) is 0 Å². The number of aromatic nitrogens is 3. The van der Waals surface area contributed by atoms with Crippen molar-refractivity contribution >= 4 is 5.52 Å². The van der Waals surface area contributed by atoms with E-state index in [1.807, 2.05) is 11.4 Å². The molecule has 0 aliphatic rings. The van der Waals surface area contributed by atoms with Gasteiger partial charge >= 0.3 is 0 Å². The second kappa shape index (κ2) is 3.17. The van der Waals surface area contributed by atoms with Crippen LogP contribution in [0.1, 0.15) is 24.7 Å². The molecule has 3 nitrogen and oxygen atoms in total. The van der Waals surface area contributed by atoms with Crippen LogP contribution >= 0.6 is 0 Å². The Balaban J connectivity index is 2.61. The van der Waals surface area contributed by atoms with Crippen LogP contribution in [0.15, 0.2) is 18.5 Å². The van der Waals surface area contributed by atoms with Gasteiger partial charge in [0.1, 0.15) is 6.33 Å². The van der Waals surface area contributed by atoms with Gasteiger partial charge in [0.05, 0.1) is 11.2 Å². The summed E-state index contributed by atoms with van der Waals surface area (Å²) in [7, 11) is 0. The minimum atomic E-state index is 1.04. The minimum Gasteiger partial charge on any atom is -0.238 e. The smallest absolute Gasteiger partial charge is 0.136 e. The maximum Gasteiger partial charge on any atom is 0.136 e. The highest BCUT2D eigenvalue weighted by Gasteiger charge is 2.03. The summed E-state index contributed by atoms with van der Waals surface area (Å²) in [5.74, 6) is 0. The number of hydrogen-bond acceptors (Lipinski definition) is 2. The van der Waals surface area contributed by atoms with Crippen LogP contribution in [0.25, 0.3) is 5.52 Å². The Morgan fingerprint density at radius 2 is 2.23 bits per heavy atom. The molecule has 0 saturated heterocycles. The molecule has 0 radical (unpaired) electrons. The quantitative estimate of drug-likeness (QED) is 0.698. The fraction of sp³-hybridized carbons (Fsp3) is 0.400. The van der Waals surface area contributed by atoms with Crippen molar-refractivity contribution in [2.45, 2.75) is 26.7 Å². The van der Waals surface area contributed by atoms with E-state index in [4.69, 9.17) is 0 Å². The van der Waals surface area contributed by atoms with Crippen molar-refractivity contribution in [3.05, 3.63) is 29.8 Å². The highest BCUT2D eigenvalue weighted by Crippen LogP contribution is 2.11. The van der Waals surface area contributed by atoms with E-state index in [0.29, 0.717) is 0 Å². The first kappa shape index (κ1) is 8.23. The van der Waals surface area contributed by atoms with Crippen molar-refractivity contribution in [2.75, 3.05) is 0 Å². The highest BCUT2D eigenvalue weighted by molar-refractivity contribution is 5.51. The molecule has 2 aromatic heterocycles. The predicted molar refractivity (Wildman–Crippen MR) is 51.7 cm³/mol. The highest BCUT2D eigenvalue weighted by atomic mass is 15.2. The summed E-state index contributed by atoms with van der Waals surface area (Å²) in [6.07, 6.45) is 3.83. The van der Waals surface area contributed by atoms with Crippen molar-refractivity contribution in [1.29, 1.82) is 0 Å². The summed E-state index contributed by atoms with van der Waals surface area (Å²) < 4.78 is 1.98. The Labute approximate surface area is 77.4 Å². The van der Waals surface area contributed by atoms with E-state index in [0.717, 1.165) is 24.1 Å². The fourth-order valence-corrected chi connectivity index (χ4v) is 1.56. The van der Waals surface area contributed by atoms with E-state index in [2.05, 4.69) is 29.1 Å². The van der Waals surface area contributed by atoms with Crippen LogP contribution in [0, 0.1) is 6.92 Å². The van der Waals surface area contributed by atoms with Gasteiger partial charge in [-0.2, -0.15) is 5.10 Å². The topological polar surface area (TPSA) is 30.2 Å². The van der Waals surface area contributed by atoms with Crippen LogP contribution in [-0.2, 0) is 6.42 Å². The molecule has 3 heteroatoms. The van der Waals surface area contributed by atoms with Gasteiger partial charge in [-0.15, -0.1) is 0 Å². The summed E-state index contributed by atoms with van der Waals surface area (Å²) >= 11 is 0. The van der Waals surface area contributed by atoms with Crippen molar-refractivity contribution in [3.63, 3.8) is 0 Å². The second-order valence-electron chi connectivity index (χ2n) is 3.22. The predicted octanol–water partition coefficient (Wildman–Crippen LogP) is 1.99. The van der Waals surface area contributed by atoms with E-state index >= 15 is 0 Å². The number of fused-ring (bicyclic) bond motifs is 1. The van der Waals surface area contributed by atoms with E-state index < -0.39 is 0 Å². The Bertz CT molecular complexity index is 417. The van der Waals surface area contributed by atoms with Crippen molar-refractivity contribution < 1.29 is 0 Å². The standard InChI is InChI=1S/C10H13N3/c1-3-4-9-5-6-10-8(2)11-7-12-13(9)10/h5-7H,3-4H2,1-2H3. The Hall–Kier alpha value is -1.38. The Morgan fingerprint density at radius 1 is 1.38 bits per heavy atom. The lowest BCUT2D eigenvalue weighted by Gasteiger charge is -2.00. The van der Waals surface area contributed by atoms with Gasteiger partial charge in [0, 0.05) is 5.69 Å². The first-order chi connectivity index (χ1) is 6.33. The Morgan fingerprint density at radius 3 is 3.00 bits per heavy atom. The van der Waals surface area contributed by atoms with Crippen LogP contribution < -0.4 is 0 Å². The van der Waals surface area contributed by atoms with Gasteiger partial charge in [-0.1, -0.05) is 13.3 Å². The molecule has 0 aliphatic carbocycles.